The fourth-order valence-electron chi connectivity index (χ4n) is 7.92. The summed E-state index contributed by atoms with van der Waals surface area (Å²) in [6, 6.07) is 41.7. The van der Waals surface area contributed by atoms with Crippen LogP contribution in [0, 0.1) is 0 Å². The summed E-state index contributed by atoms with van der Waals surface area (Å²) in [6.07, 6.45) is 8.56. The van der Waals surface area contributed by atoms with E-state index >= 15 is 0 Å². The molecular formula is C39H30Cl4Zr. The molecule has 0 N–H and O–H groups in total. The molecular weight excluding hydrogens is 701 g/mol. The van der Waals surface area contributed by atoms with Crippen LogP contribution in [0.3, 0.4) is 0 Å². The van der Waals surface area contributed by atoms with Crippen LogP contribution in [-0.4, -0.2) is 4.21 Å². The van der Waals surface area contributed by atoms with Crippen molar-refractivity contribution < 1.29 is 18.3 Å². The summed E-state index contributed by atoms with van der Waals surface area (Å²) in [6.45, 7) is 0. The van der Waals surface area contributed by atoms with E-state index in [2.05, 4.69) is 121 Å². The van der Waals surface area contributed by atoms with Gasteiger partial charge < -0.3 is 0 Å². The third-order valence-corrected chi connectivity index (χ3v) is 26.4. The van der Waals surface area contributed by atoms with Crippen molar-refractivity contribution in [3.63, 3.8) is 0 Å². The van der Waals surface area contributed by atoms with Gasteiger partial charge in [0.05, 0.1) is 0 Å². The molecule has 0 unspecified atom stereocenters. The Hall–Kier alpha value is -2.77. The topological polar surface area (TPSA) is 0 Å². The predicted molar refractivity (Wildman–Crippen MR) is 195 cm³/mol. The van der Waals surface area contributed by atoms with Gasteiger partial charge in [0, 0.05) is 0 Å². The zero-order chi connectivity index (χ0) is 28.5. The third-order valence-electron chi connectivity index (χ3n) is 9.81. The normalized spacial score (nSPS) is 13.7. The quantitative estimate of drug-likeness (QED) is 0.158. The van der Waals surface area contributed by atoms with E-state index < -0.39 is 18.3 Å². The molecule has 0 fully saturated rings. The zero-order valence-corrected chi connectivity index (χ0v) is 29.5. The van der Waals surface area contributed by atoms with Crippen molar-refractivity contribution in [2.75, 3.05) is 0 Å². The fraction of sp³-hybridized carbons (Fsp3) is 0.0513. The van der Waals surface area contributed by atoms with Gasteiger partial charge in [-0.25, -0.2) is 0 Å². The second-order valence-corrected chi connectivity index (χ2v) is 25.5. The first kappa shape index (κ1) is 31.2. The van der Waals surface area contributed by atoms with E-state index in [9.17, 15) is 0 Å². The summed E-state index contributed by atoms with van der Waals surface area (Å²) in [5, 5.41) is 6.68. The molecule has 218 valence electrons. The van der Waals surface area contributed by atoms with E-state index in [1.54, 1.807) is 0 Å². The summed E-state index contributed by atoms with van der Waals surface area (Å²) < 4.78 is 10.8. The van der Waals surface area contributed by atoms with Crippen LogP contribution in [0.4, 0.5) is 0 Å². The molecule has 0 saturated carbocycles. The van der Waals surface area contributed by atoms with E-state index in [1.807, 2.05) is 12.1 Å². The molecule has 0 spiro atoms. The average molecular weight is 732 g/mol. The van der Waals surface area contributed by atoms with Gasteiger partial charge in [-0.1, -0.05) is 0 Å². The van der Waals surface area contributed by atoms with Crippen molar-refractivity contribution in [2.24, 2.45) is 0 Å². The van der Waals surface area contributed by atoms with Crippen LogP contribution >= 0.6 is 48.0 Å². The van der Waals surface area contributed by atoms with Gasteiger partial charge in [-0.2, -0.15) is 0 Å². The Morgan fingerprint density at radius 2 is 1.25 bits per heavy atom. The average Bonchev–Trinajstić information content (AvgIpc) is 3.70. The molecule has 44 heavy (non-hydrogen) atoms. The Balaban J connectivity index is 0.00000171. The van der Waals surface area contributed by atoms with E-state index in [4.69, 9.17) is 27.4 Å². The maximum absolute atomic E-state index is 6.82. The Labute approximate surface area is 281 Å². The van der Waals surface area contributed by atoms with E-state index in [-0.39, 0.29) is 24.8 Å². The second-order valence-electron chi connectivity index (χ2n) is 11.8. The van der Waals surface area contributed by atoms with E-state index in [1.165, 1.54) is 56.9 Å². The molecule has 0 bridgehead atoms. The van der Waals surface area contributed by atoms with Gasteiger partial charge in [-0.05, 0) is 0 Å². The number of benzene rings is 6. The minimum absolute atomic E-state index is 0. The summed E-state index contributed by atoms with van der Waals surface area (Å²) in [7, 11) is 0. The van der Waals surface area contributed by atoms with Crippen molar-refractivity contribution in [2.45, 2.75) is 12.8 Å². The SMILES string of the molecule is Cl.Cl.[CH2]=[Zr]([C]1=CC=CC1)([c]1cccc(Cl)c1)([c]1cccc(Cl)c1)[c]1cccc2c1c1c(c3ccccc32)-c2ccccc2C1. The maximum atomic E-state index is 6.82. The molecule has 2 aliphatic rings. The first-order valence-corrected chi connectivity index (χ1v) is 21.9. The van der Waals surface area contributed by atoms with Gasteiger partial charge in [0.25, 0.3) is 0 Å². The molecule has 0 nitrogen and oxygen atoms in total. The molecule has 5 heteroatoms. The summed E-state index contributed by atoms with van der Waals surface area (Å²) >= 11 is 8.68. The first-order chi connectivity index (χ1) is 20.5. The number of allylic oxidation sites excluding steroid dienone is 4. The van der Waals surface area contributed by atoms with Crippen LogP contribution in [0.2, 0.25) is 10.0 Å². The molecule has 8 rings (SSSR count). The van der Waals surface area contributed by atoms with Gasteiger partial charge in [0.2, 0.25) is 0 Å². The van der Waals surface area contributed by atoms with Crippen molar-refractivity contribution in [1.82, 2.24) is 0 Å². The van der Waals surface area contributed by atoms with Crippen molar-refractivity contribution in [3.8, 4) is 11.1 Å². The second kappa shape index (κ2) is 11.5. The van der Waals surface area contributed by atoms with Gasteiger partial charge in [-0.3, -0.25) is 0 Å². The molecule has 0 radical (unpaired) electrons. The van der Waals surface area contributed by atoms with Crippen molar-refractivity contribution >= 4 is 83.6 Å². The number of hydrogen-bond donors (Lipinski definition) is 0. The molecule has 6 aromatic rings. The van der Waals surface area contributed by atoms with E-state index in [0.717, 1.165) is 22.9 Å². The van der Waals surface area contributed by atoms with Crippen LogP contribution in [0.1, 0.15) is 17.5 Å². The summed E-state index contributed by atoms with van der Waals surface area (Å²) in [5.74, 6) is 0. The minimum atomic E-state index is -4.96. The standard InChI is InChI=1S/C21H13.2C6H4Cl.C5H5.CH2.2ClH.Zr/c1-2-8-15-14(7-1)13-20-18-11-4-3-9-16(18)17-10-5-6-12-19(17)21(15)20;2*7-6-4-2-1-3-5-6;1-2-4-5-3-1;;;;/h1-10,12H,13H2;2*1-2,4-5H;1-3H,4H2;1H2;2*1H;. The van der Waals surface area contributed by atoms with Gasteiger partial charge in [0.1, 0.15) is 0 Å². The van der Waals surface area contributed by atoms with Crippen LogP contribution < -0.4 is 9.81 Å². The number of hydrogen-bond acceptors (Lipinski definition) is 0. The monoisotopic (exact) mass is 728 g/mol. The molecule has 0 saturated heterocycles. The molecule has 0 amide bonds. The third kappa shape index (κ3) is 4.24. The molecule has 0 atom stereocenters. The van der Waals surface area contributed by atoms with Crippen molar-refractivity contribution in [1.29, 1.82) is 0 Å². The van der Waals surface area contributed by atoms with Crippen LogP contribution in [0.25, 0.3) is 32.7 Å². The van der Waals surface area contributed by atoms with Crippen LogP contribution in [0.5, 0.6) is 0 Å². The van der Waals surface area contributed by atoms with Gasteiger partial charge >= 0.3 is 259 Å². The Bertz CT molecular complexity index is 2190. The molecule has 0 heterocycles. The first-order valence-electron chi connectivity index (χ1n) is 14.4. The number of halogens is 4. The van der Waals surface area contributed by atoms with Gasteiger partial charge in [0.15, 0.2) is 0 Å². The van der Waals surface area contributed by atoms with E-state index in [0.29, 0.717) is 0 Å². The molecule has 6 aromatic carbocycles. The number of rotatable bonds is 4. The molecule has 0 aliphatic heterocycles. The number of fused-ring (bicyclic) bond motifs is 8. The fourth-order valence-corrected chi connectivity index (χ4v) is 24.1. The van der Waals surface area contributed by atoms with Crippen molar-refractivity contribution in [3.05, 3.63) is 158 Å². The molecule has 2 aliphatic carbocycles. The molecule has 0 aromatic heterocycles. The van der Waals surface area contributed by atoms with Crippen LogP contribution in [0.15, 0.2) is 137 Å². The Morgan fingerprint density at radius 1 is 0.636 bits per heavy atom. The predicted octanol–water partition coefficient (Wildman–Crippen LogP) is 9.96. The zero-order valence-electron chi connectivity index (χ0n) is 23.9. The van der Waals surface area contributed by atoms with Gasteiger partial charge in [-0.15, -0.1) is 24.8 Å². The summed E-state index contributed by atoms with van der Waals surface area (Å²) in [5.41, 5.74) is 5.48. The Kier molecular flexibility index (Phi) is 8.19. The Morgan fingerprint density at radius 3 is 1.91 bits per heavy atom. The summed E-state index contributed by atoms with van der Waals surface area (Å²) in [4.78, 5) is 0. The van der Waals surface area contributed by atoms with Crippen LogP contribution in [-0.2, 0) is 24.7 Å².